The molecule has 1 saturated heterocycles. The zero-order valence-corrected chi connectivity index (χ0v) is 12.7. The third kappa shape index (κ3) is 1.48. The van der Waals surface area contributed by atoms with Gasteiger partial charge in [0.05, 0.1) is 16.7 Å². The van der Waals surface area contributed by atoms with Crippen molar-refractivity contribution in [2.75, 3.05) is 19.6 Å². The van der Waals surface area contributed by atoms with Gasteiger partial charge in [-0.05, 0) is 30.0 Å². The average Bonchev–Trinajstić information content (AvgIpc) is 2.87. The number of halogens is 1. The van der Waals surface area contributed by atoms with Crippen molar-refractivity contribution in [3.05, 3.63) is 39.8 Å². The monoisotopic (exact) mass is 314 g/mol. The first-order chi connectivity index (χ1) is 10.7. The standard InChI is InChI=1S/C16H15ClN4O/c17-11-3-10-8(4-19-11)1-2-9-12-14(21-13(9)10)16(5-18-6-16)7-20-15(12)22/h3-4,18,21H,1-2,5-7H2,(H,20,22). The molecule has 0 aromatic carbocycles. The highest BCUT2D eigenvalue weighted by Gasteiger charge is 2.47. The SMILES string of the molecule is O=C1NCC2(CNC2)c2[nH]c3c(c21)CCc1cnc(Cl)cc1-3. The largest absolute Gasteiger partial charge is 0.357 e. The third-order valence-electron chi connectivity index (χ3n) is 5.24. The molecule has 6 heteroatoms. The lowest BCUT2D eigenvalue weighted by atomic mass is 9.74. The number of pyridine rings is 1. The van der Waals surface area contributed by atoms with Crippen LogP contribution in [0.5, 0.6) is 0 Å². The van der Waals surface area contributed by atoms with Gasteiger partial charge in [-0.2, -0.15) is 0 Å². The summed E-state index contributed by atoms with van der Waals surface area (Å²) in [5.41, 5.74) is 6.45. The van der Waals surface area contributed by atoms with Crippen LogP contribution in [0.1, 0.15) is 27.2 Å². The summed E-state index contributed by atoms with van der Waals surface area (Å²) in [6.07, 6.45) is 3.62. The molecule has 1 amide bonds. The van der Waals surface area contributed by atoms with Gasteiger partial charge in [0, 0.05) is 37.1 Å². The number of fused-ring (bicyclic) bond motifs is 6. The topological polar surface area (TPSA) is 69.8 Å². The first-order valence-electron chi connectivity index (χ1n) is 7.57. The van der Waals surface area contributed by atoms with Gasteiger partial charge in [-0.15, -0.1) is 0 Å². The van der Waals surface area contributed by atoms with E-state index in [4.69, 9.17) is 11.6 Å². The summed E-state index contributed by atoms with van der Waals surface area (Å²) >= 11 is 6.08. The maximum absolute atomic E-state index is 12.4. The van der Waals surface area contributed by atoms with E-state index in [-0.39, 0.29) is 11.3 Å². The lowest BCUT2D eigenvalue weighted by Gasteiger charge is -2.45. The summed E-state index contributed by atoms with van der Waals surface area (Å²) in [4.78, 5) is 20.2. The molecule has 1 spiro atoms. The summed E-state index contributed by atoms with van der Waals surface area (Å²) in [6, 6.07) is 1.90. The minimum absolute atomic E-state index is 0.0254. The molecule has 2 aromatic rings. The number of carbonyl (C=O) groups is 1. The van der Waals surface area contributed by atoms with Gasteiger partial charge in [-0.1, -0.05) is 11.6 Å². The predicted molar refractivity (Wildman–Crippen MR) is 83.3 cm³/mol. The number of nitrogens with zero attached hydrogens (tertiary/aromatic N) is 1. The number of nitrogens with one attached hydrogen (secondary N) is 3. The maximum Gasteiger partial charge on any atom is 0.253 e. The Labute approximate surface area is 132 Å². The molecule has 0 saturated carbocycles. The first-order valence-corrected chi connectivity index (χ1v) is 7.95. The molecular formula is C16H15ClN4O. The van der Waals surface area contributed by atoms with E-state index in [0.29, 0.717) is 11.7 Å². The van der Waals surface area contributed by atoms with E-state index in [0.717, 1.165) is 54.0 Å². The Hall–Kier alpha value is -1.85. The molecule has 0 bridgehead atoms. The van der Waals surface area contributed by atoms with E-state index in [1.54, 1.807) is 0 Å². The molecule has 2 aromatic heterocycles. The van der Waals surface area contributed by atoms with Gasteiger partial charge < -0.3 is 15.6 Å². The minimum Gasteiger partial charge on any atom is -0.357 e. The van der Waals surface area contributed by atoms with Gasteiger partial charge in [0.1, 0.15) is 5.15 Å². The average molecular weight is 315 g/mol. The van der Waals surface area contributed by atoms with Crippen LogP contribution in [-0.2, 0) is 18.3 Å². The van der Waals surface area contributed by atoms with E-state index in [1.165, 1.54) is 5.56 Å². The van der Waals surface area contributed by atoms with Gasteiger partial charge in [0.25, 0.3) is 5.91 Å². The summed E-state index contributed by atoms with van der Waals surface area (Å²) in [5.74, 6) is 0.0497. The highest BCUT2D eigenvalue weighted by Crippen LogP contribution is 2.42. The van der Waals surface area contributed by atoms with Gasteiger partial charge in [0.2, 0.25) is 0 Å². The number of aryl methyl sites for hydroxylation is 1. The van der Waals surface area contributed by atoms with E-state index < -0.39 is 0 Å². The Bertz CT molecular complexity index is 822. The number of carbonyl (C=O) groups excluding carboxylic acids is 1. The number of rotatable bonds is 0. The molecule has 4 heterocycles. The highest BCUT2D eigenvalue weighted by molar-refractivity contribution is 6.29. The number of aromatic amines is 1. The lowest BCUT2D eigenvalue weighted by molar-refractivity contribution is 0.0905. The van der Waals surface area contributed by atoms with Crippen LogP contribution in [0.4, 0.5) is 0 Å². The van der Waals surface area contributed by atoms with Gasteiger partial charge in [0.15, 0.2) is 0 Å². The van der Waals surface area contributed by atoms with E-state index in [9.17, 15) is 4.79 Å². The molecule has 5 nitrogen and oxygen atoms in total. The zero-order valence-electron chi connectivity index (χ0n) is 11.9. The molecule has 3 aliphatic rings. The van der Waals surface area contributed by atoms with Crippen LogP contribution in [0.25, 0.3) is 11.3 Å². The van der Waals surface area contributed by atoms with Crippen molar-refractivity contribution in [3.8, 4) is 11.3 Å². The number of hydrogen-bond acceptors (Lipinski definition) is 3. The number of amides is 1. The quantitative estimate of drug-likeness (QED) is 0.644. The molecule has 3 N–H and O–H groups in total. The van der Waals surface area contributed by atoms with Crippen LogP contribution in [0.2, 0.25) is 5.15 Å². The summed E-state index contributed by atoms with van der Waals surface area (Å²) in [6.45, 7) is 2.52. The molecular weight excluding hydrogens is 300 g/mol. The Kier molecular flexibility index (Phi) is 2.37. The second kappa shape index (κ2) is 4.12. The first kappa shape index (κ1) is 12.7. The van der Waals surface area contributed by atoms with E-state index >= 15 is 0 Å². The third-order valence-corrected chi connectivity index (χ3v) is 5.45. The Balaban J connectivity index is 1.78. The molecule has 0 unspecified atom stereocenters. The molecule has 112 valence electrons. The van der Waals surface area contributed by atoms with E-state index in [2.05, 4.69) is 20.6 Å². The Morgan fingerprint density at radius 2 is 2.09 bits per heavy atom. The number of aromatic nitrogens is 2. The van der Waals surface area contributed by atoms with Crippen LogP contribution >= 0.6 is 11.6 Å². The van der Waals surface area contributed by atoms with Crippen molar-refractivity contribution in [1.82, 2.24) is 20.6 Å². The van der Waals surface area contributed by atoms with Crippen LogP contribution < -0.4 is 10.6 Å². The van der Waals surface area contributed by atoms with Crippen LogP contribution in [0, 0.1) is 0 Å². The highest BCUT2D eigenvalue weighted by atomic mass is 35.5. The zero-order chi connectivity index (χ0) is 14.9. The van der Waals surface area contributed by atoms with Crippen molar-refractivity contribution in [2.45, 2.75) is 18.3 Å². The molecule has 1 aliphatic carbocycles. The Morgan fingerprint density at radius 1 is 1.23 bits per heavy atom. The molecule has 1 fully saturated rings. The fraction of sp³-hybridized carbons (Fsp3) is 0.375. The summed E-state index contributed by atoms with van der Waals surface area (Å²) in [5, 5.41) is 6.89. The fourth-order valence-electron chi connectivity index (χ4n) is 3.97. The maximum atomic E-state index is 12.4. The smallest absolute Gasteiger partial charge is 0.253 e. The molecule has 22 heavy (non-hydrogen) atoms. The van der Waals surface area contributed by atoms with Gasteiger partial charge in [-0.3, -0.25) is 4.79 Å². The number of H-pyrrole nitrogens is 1. The number of hydrogen-bond donors (Lipinski definition) is 3. The molecule has 0 atom stereocenters. The van der Waals surface area contributed by atoms with Crippen molar-refractivity contribution < 1.29 is 4.79 Å². The Morgan fingerprint density at radius 3 is 2.86 bits per heavy atom. The molecule has 5 rings (SSSR count). The van der Waals surface area contributed by atoms with Crippen LogP contribution in [0.15, 0.2) is 12.3 Å². The van der Waals surface area contributed by atoms with Crippen molar-refractivity contribution in [3.63, 3.8) is 0 Å². The van der Waals surface area contributed by atoms with Crippen molar-refractivity contribution in [2.24, 2.45) is 0 Å². The van der Waals surface area contributed by atoms with Crippen molar-refractivity contribution in [1.29, 1.82) is 0 Å². The van der Waals surface area contributed by atoms with Gasteiger partial charge >= 0.3 is 0 Å². The molecule has 2 aliphatic heterocycles. The van der Waals surface area contributed by atoms with Crippen molar-refractivity contribution >= 4 is 17.5 Å². The molecule has 0 radical (unpaired) electrons. The van der Waals surface area contributed by atoms with Crippen LogP contribution in [-0.4, -0.2) is 35.5 Å². The minimum atomic E-state index is 0.0254. The van der Waals surface area contributed by atoms with Gasteiger partial charge in [-0.25, -0.2) is 4.98 Å². The lowest BCUT2D eigenvalue weighted by Crippen LogP contribution is -2.64. The second-order valence-electron chi connectivity index (χ2n) is 6.46. The fourth-order valence-corrected chi connectivity index (χ4v) is 4.13. The second-order valence-corrected chi connectivity index (χ2v) is 6.85. The summed E-state index contributed by atoms with van der Waals surface area (Å²) < 4.78 is 0. The van der Waals surface area contributed by atoms with E-state index in [1.807, 2.05) is 12.3 Å². The summed E-state index contributed by atoms with van der Waals surface area (Å²) in [7, 11) is 0. The normalized spacial score (nSPS) is 20.7. The van der Waals surface area contributed by atoms with Crippen LogP contribution in [0.3, 0.4) is 0 Å². The predicted octanol–water partition coefficient (Wildman–Crippen LogP) is 1.41.